The van der Waals surface area contributed by atoms with Gasteiger partial charge < -0.3 is 15.1 Å². The normalized spacial score (nSPS) is 24.7. The third-order valence-electron chi connectivity index (χ3n) is 7.83. The molecule has 3 fully saturated rings. The molecule has 1 saturated carbocycles. The molecule has 2 saturated heterocycles. The minimum Gasteiger partial charge on any atom is -0.365 e. The number of anilines is 1. The second-order valence-electron chi connectivity index (χ2n) is 10.7. The zero-order chi connectivity index (χ0) is 24.8. The quantitative estimate of drug-likeness (QED) is 0.663. The van der Waals surface area contributed by atoms with Gasteiger partial charge in [-0.2, -0.15) is 13.2 Å². The minimum atomic E-state index is -4.34. The van der Waals surface area contributed by atoms with Crippen LogP contribution in [0.5, 0.6) is 0 Å². The number of nitrogens with zero attached hydrogens (tertiary/aromatic N) is 3. The smallest absolute Gasteiger partial charge is 0.365 e. The number of alkyl halides is 3. The van der Waals surface area contributed by atoms with Crippen molar-refractivity contribution < 1.29 is 18.0 Å². The van der Waals surface area contributed by atoms with E-state index in [9.17, 15) is 18.0 Å². The van der Waals surface area contributed by atoms with E-state index in [4.69, 9.17) is 0 Å². The molecule has 2 aliphatic heterocycles. The Morgan fingerprint density at radius 1 is 0.971 bits per heavy atom. The molecule has 2 atom stereocenters. The molecule has 2 aromatic carbocycles. The van der Waals surface area contributed by atoms with Gasteiger partial charge in [-0.1, -0.05) is 30.3 Å². The van der Waals surface area contributed by atoms with Crippen LogP contribution in [0, 0.1) is 5.41 Å². The highest BCUT2D eigenvalue weighted by Gasteiger charge is 2.52. The van der Waals surface area contributed by atoms with Gasteiger partial charge in [0.1, 0.15) is 0 Å². The molecule has 2 heterocycles. The van der Waals surface area contributed by atoms with E-state index in [1.54, 1.807) is 0 Å². The summed E-state index contributed by atoms with van der Waals surface area (Å²) >= 11 is 0. The summed E-state index contributed by atoms with van der Waals surface area (Å²) < 4.78 is 38.7. The summed E-state index contributed by atoms with van der Waals surface area (Å²) in [6.45, 7) is 8.30. The van der Waals surface area contributed by atoms with E-state index in [2.05, 4.69) is 39.4 Å². The number of amides is 2. The number of urea groups is 1. The maximum Gasteiger partial charge on any atom is 0.416 e. The molecule has 8 heteroatoms. The van der Waals surface area contributed by atoms with Crippen LogP contribution in [0.2, 0.25) is 0 Å². The van der Waals surface area contributed by atoms with Gasteiger partial charge in [0.2, 0.25) is 0 Å². The second kappa shape index (κ2) is 9.04. The average molecular weight is 487 g/mol. The van der Waals surface area contributed by atoms with Gasteiger partial charge in [0.05, 0.1) is 5.56 Å². The zero-order valence-corrected chi connectivity index (χ0v) is 20.3. The van der Waals surface area contributed by atoms with Crippen molar-refractivity contribution in [1.29, 1.82) is 0 Å². The molecule has 3 aliphatic rings. The Bertz CT molecular complexity index is 1030. The SMILES string of the molecule is C[C@@H]1CN(c2ccc(C(F)(F)F)cc2)[C@@H](C)CN1C(=O)NC1CC2(C1)CN(Cc1ccccc1)C2. The van der Waals surface area contributed by atoms with Crippen LogP contribution in [-0.4, -0.2) is 60.1 Å². The summed E-state index contributed by atoms with van der Waals surface area (Å²) in [4.78, 5) is 19.5. The molecular weight excluding hydrogens is 453 g/mol. The molecule has 2 aromatic rings. The number of nitrogens with one attached hydrogen (secondary N) is 1. The topological polar surface area (TPSA) is 38.8 Å². The van der Waals surface area contributed by atoms with Gasteiger partial charge >= 0.3 is 12.2 Å². The number of piperazine rings is 1. The Labute approximate surface area is 204 Å². The van der Waals surface area contributed by atoms with Crippen molar-refractivity contribution in [3.05, 3.63) is 65.7 Å². The average Bonchev–Trinajstić information content (AvgIpc) is 2.77. The summed E-state index contributed by atoms with van der Waals surface area (Å²) in [5.74, 6) is 0. The van der Waals surface area contributed by atoms with Gasteiger partial charge in [-0.15, -0.1) is 0 Å². The monoisotopic (exact) mass is 486 g/mol. The third kappa shape index (κ3) is 4.99. The fourth-order valence-corrected chi connectivity index (χ4v) is 6.07. The number of rotatable bonds is 4. The lowest BCUT2D eigenvalue weighted by Crippen LogP contribution is -2.68. The Hall–Kier alpha value is -2.74. The first-order chi connectivity index (χ1) is 16.6. The molecule has 5 nitrogen and oxygen atoms in total. The van der Waals surface area contributed by atoms with Crippen molar-refractivity contribution in [3.8, 4) is 0 Å². The van der Waals surface area contributed by atoms with Gasteiger partial charge in [0.15, 0.2) is 0 Å². The maximum atomic E-state index is 13.0. The summed E-state index contributed by atoms with van der Waals surface area (Å²) in [6, 6.07) is 16.0. The van der Waals surface area contributed by atoms with E-state index in [0.29, 0.717) is 18.5 Å². The summed E-state index contributed by atoms with van der Waals surface area (Å²) in [6.07, 6.45) is -2.28. The summed E-state index contributed by atoms with van der Waals surface area (Å²) in [7, 11) is 0. The molecule has 5 rings (SSSR count). The lowest BCUT2D eigenvalue weighted by atomic mass is 9.60. The highest BCUT2D eigenvalue weighted by Crippen LogP contribution is 2.48. The van der Waals surface area contributed by atoms with E-state index in [0.717, 1.165) is 50.3 Å². The van der Waals surface area contributed by atoms with Crippen LogP contribution >= 0.6 is 0 Å². The second-order valence-corrected chi connectivity index (χ2v) is 10.7. The first-order valence-corrected chi connectivity index (χ1v) is 12.4. The standard InChI is InChI=1S/C27H33F3N4O/c1-19-15-34(20(2)14-33(19)24-10-8-22(9-11-24)27(28,29)30)25(35)31-23-12-26(13-23)17-32(18-26)16-21-6-4-3-5-7-21/h3-11,19-20,23H,12-18H2,1-2H3,(H,31,35)/t19-,20+/m0/s1. The van der Waals surface area contributed by atoms with E-state index < -0.39 is 11.7 Å². The molecule has 0 aromatic heterocycles. The molecular formula is C27H33F3N4O. The molecule has 0 radical (unpaired) electrons. The maximum absolute atomic E-state index is 13.0. The number of carbonyl (C=O) groups is 1. The zero-order valence-electron chi connectivity index (χ0n) is 20.3. The molecule has 1 aliphatic carbocycles. The Morgan fingerprint density at radius 2 is 1.63 bits per heavy atom. The van der Waals surface area contributed by atoms with E-state index in [1.165, 1.54) is 17.7 Å². The molecule has 35 heavy (non-hydrogen) atoms. The highest BCUT2D eigenvalue weighted by atomic mass is 19.4. The number of hydrogen-bond acceptors (Lipinski definition) is 3. The first kappa shape index (κ1) is 24.0. The van der Waals surface area contributed by atoms with Crippen molar-refractivity contribution in [2.75, 3.05) is 31.1 Å². The number of carbonyl (C=O) groups excluding carboxylic acids is 1. The Balaban J connectivity index is 1.09. The third-order valence-corrected chi connectivity index (χ3v) is 7.83. The van der Waals surface area contributed by atoms with E-state index >= 15 is 0 Å². The van der Waals surface area contributed by atoms with Crippen molar-refractivity contribution in [3.63, 3.8) is 0 Å². The molecule has 0 unspecified atom stereocenters. The lowest BCUT2D eigenvalue weighted by Gasteiger charge is -2.59. The minimum absolute atomic E-state index is 0.0135. The van der Waals surface area contributed by atoms with Crippen molar-refractivity contribution in [1.82, 2.24) is 15.1 Å². The van der Waals surface area contributed by atoms with Gasteiger partial charge in [0, 0.05) is 56.5 Å². The molecule has 1 spiro atoms. The van der Waals surface area contributed by atoms with Crippen LogP contribution in [-0.2, 0) is 12.7 Å². The van der Waals surface area contributed by atoms with E-state index in [1.807, 2.05) is 24.8 Å². The van der Waals surface area contributed by atoms with Gasteiger partial charge in [-0.3, -0.25) is 4.90 Å². The largest absolute Gasteiger partial charge is 0.416 e. The van der Waals surface area contributed by atoms with Gasteiger partial charge in [-0.25, -0.2) is 4.79 Å². The Kier molecular flexibility index (Phi) is 6.20. The van der Waals surface area contributed by atoms with Crippen LogP contribution in [0.4, 0.5) is 23.7 Å². The predicted molar refractivity (Wildman–Crippen MR) is 130 cm³/mol. The van der Waals surface area contributed by atoms with Gasteiger partial charge in [-0.05, 0) is 61.9 Å². The van der Waals surface area contributed by atoms with Crippen molar-refractivity contribution in [2.24, 2.45) is 5.41 Å². The van der Waals surface area contributed by atoms with Crippen LogP contribution in [0.25, 0.3) is 0 Å². The van der Waals surface area contributed by atoms with E-state index in [-0.39, 0.29) is 24.2 Å². The van der Waals surface area contributed by atoms with Crippen LogP contribution in [0.3, 0.4) is 0 Å². The highest BCUT2D eigenvalue weighted by molar-refractivity contribution is 5.75. The predicted octanol–water partition coefficient (Wildman–Crippen LogP) is 4.98. The van der Waals surface area contributed by atoms with Crippen LogP contribution in [0.15, 0.2) is 54.6 Å². The van der Waals surface area contributed by atoms with Crippen LogP contribution in [0.1, 0.15) is 37.8 Å². The molecule has 2 amide bonds. The molecule has 1 N–H and O–H groups in total. The number of benzene rings is 2. The van der Waals surface area contributed by atoms with Crippen molar-refractivity contribution >= 4 is 11.7 Å². The number of hydrogen-bond donors (Lipinski definition) is 1. The lowest BCUT2D eigenvalue weighted by molar-refractivity contribution is -0.137. The number of halogens is 3. The van der Waals surface area contributed by atoms with Gasteiger partial charge in [0.25, 0.3) is 0 Å². The number of likely N-dealkylation sites (tertiary alicyclic amines) is 1. The Morgan fingerprint density at radius 3 is 2.26 bits per heavy atom. The fourth-order valence-electron chi connectivity index (χ4n) is 6.07. The fraction of sp³-hybridized carbons (Fsp3) is 0.519. The summed E-state index contributed by atoms with van der Waals surface area (Å²) in [5.41, 5.74) is 1.80. The molecule has 0 bridgehead atoms. The first-order valence-electron chi connectivity index (χ1n) is 12.4. The molecule has 188 valence electrons. The summed E-state index contributed by atoms with van der Waals surface area (Å²) in [5, 5.41) is 3.23. The van der Waals surface area contributed by atoms with Crippen LogP contribution < -0.4 is 10.2 Å². The van der Waals surface area contributed by atoms with Crippen molar-refractivity contribution in [2.45, 2.75) is 57.5 Å².